The van der Waals surface area contributed by atoms with E-state index >= 15 is 0 Å². The minimum absolute atomic E-state index is 0.212. The standard InChI is InChI=1S/C16H20FN3OS/c1-20(10-13-3-2-8-21-11-13)16-19-18-15(22-16)9-12-4-6-14(17)7-5-12/h4-7,13H,2-3,8-11H2,1H3. The van der Waals surface area contributed by atoms with Crippen molar-refractivity contribution in [2.45, 2.75) is 19.3 Å². The molecular formula is C16H20FN3OS. The summed E-state index contributed by atoms with van der Waals surface area (Å²) in [6, 6.07) is 6.54. The Morgan fingerprint density at radius 3 is 2.86 bits per heavy atom. The maximum atomic E-state index is 12.9. The van der Waals surface area contributed by atoms with E-state index in [1.165, 1.54) is 18.6 Å². The van der Waals surface area contributed by atoms with E-state index < -0.39 is 0 Å². The second-order valence-electron chi connectivity index (χ2n) is 5.75. The van der Waals surface area contributed by atoms with Crippen LogP contribution in [-0.2, 0) is 11.2 Å². The SMILES string of the molecule is CN(CC1CCCOC1)c1nnc(Cc2ccc(F)cc2)s1. The van der Waals surface area contributed by atoms with Crippen LogP contribution in [-0.4, -0.2) is 37.0 Å². The van der Waals surface area contributed by atoms with Gasteiger partial charge in [0.1, 0.15) is 10.8 Å². The maximum Gasteiger partial charge on any atom is 0.208 e. The van der Waals surface area contributed by atoms with E-state index in [2.05, 4.69) is 22.1 Å². The molecule has 22 heavy (non-hydrogen) atoms. The number of ether oxygens (including phenoxy) is 1. The Balaban J connectivity index is 1.58. The van der Waals surface area contributed by atoms with E-state index in [-0.39, 0.29) is 5.82 Å². The van der Waals surface area contributed by atoms with Gasteiger partial charge in [-0.3, -0.25) is 0 Å². The fraction of sp³-hybridized carbons (Fsp3) is 0.500. The van der Waals surface area contributed by atoms with Crippen LogP contribution in [0.5, 0.6) is 0 Å². The predicted molar refractivity (Wildman–Crippen MR) is 85.9 cm³/mol. The molecule has 0 aliphatic carbocycles. The second-order valence-corrected chi connectivity index (χ2v) is 6.79. The number of aromatic nitrogens is 2. The molecule has 1 atom stereocenters. The van der Waals surface area contributed by atoms with Crippen LogP contribution in [0.1, 0.15) is 23.4 Å². The molecule has 1 fully saturated rings. The summed E-state index contributed by atoms with van der Waals surface area (Å²) >= 11 is 1.60. The number of anilines is 1. The summed E-state index contributed by atoms with van der Waals surface area (Å²) in [5.41, 5.74) is 1.05. The van der Waals surface area contributed by atoms with Crippen molar-refractivity contribution in [2.24, 2.45) is 5.92 Å². The molecule has 1 saturated heterocycles. The van der Waals surface area contributed by atoms with E-state index in [1.54, 1.807) is 23.5 Å². The van der Waals surface area contributed by atoms with Gasteiger partial charge < -0.3 is 9.64 Å². The third-order valence-electron chi connectivity index (χ3n) is 3.84. The largest absolute Gasteiger partial charge is 0.381 e. The molecule has 1 aliphatic rings. The van der Waals surface area contributed by atoms with Gasteiger partial charge in [-0.2, -0.15) is 0 Å². The molecule has 0 spiro atoms. The van der Waals surface area contributed by atoms with Gasteiger partial charge in [0.2, 0.25) is 5.13 Å². The first kappa shape index (κ1) is 15.4. The fourth-order valence-corrected chi connectivity index (χ4v) is 3.51. The summed E-state index contributed by atoms with van der Waals surface area (Å²) in [5, 5.41) is 10.4. The molecule has 0 radical (unpaired) electrons. The average Bonchev–Trinajstić information content (AvgIpc) is 2.99. The number of hydrogen-bond acceptors (Lipinski definition) is 5. The first-order valence-corrected chi connectivity index (χ1v) is 8.38. The molecule has 2 heterocycles. The molecule has 0 bridgehead atoms. The van der Waals surface area contributed by atoms with Gasteiger partial charge in [0, 0.05) is 26.6 Å². The molecule has 1 aliphatic heterocycles. The lowest BCUT2D eigenvalue weighted by Crippen LogP contribution is -2.30. The molecule has 0 saturated carbocycles. The van der Waals surface area contributed by atoms with Crippen molar-refractivity contribution >= 4 is 16.5 Å². The molecule has 2 aromatic rings. The zero-order chi connectivity index (χ0) is 15.4. The highest BCUT2D eigenvalue weighted by atomic mass is 32.1. The molecule has 0 amide bonds. The van der Waals surface area contributed by atoms with Gasteiger partial charge in [-0.25, -0.2) is 4.39 Å². The number of nitrogens with zero attached hydrogens (tertiary/aromatic N) is 3. The fourth-order valence-electron chi connectivity index (χ4n) is 2.66. The van der Waals surface area contributed by atoms with Crippen LogP contribution in [0.4, 0.5) is 9.52 Å². The molecular weight excluding hydrogens is 301 g/mol. The Morgan fingerprint density at radius 2 is 2.14 bits per heavy atom. The van der Waals surface area contributed by atoms with Crippen molar-refractivity contribution in [3.63, 3.8) is 0 Å². The van der Waals surface area contributed by atoms with Gasteiger partial charge in [0.25, 0.3) is 0 Å². The lowest BCUT2D eigenvalue weighted by Gasteiger charge is -2.26. The van der Waals surface area contributed by atoms with Gasteiger partial charge in [-0.15, -0.1) is 10.2 Å². The topological polar surface area (TPSA) is 38.2 Å². The van der Waals surface area contributed by atoms with E-state index in [4.69, 9.17) is 4.74 Å². The number of hydrogen-bond donors (Lipinski definition) is 0. The first-order valence-electron chi connectivity index (χ1n) is 7.56. The smallest absolute Gasteiger partial charge is 0.208 e. The van der Waals surface area contributed by atoms with E-state index in [1.807, 2.05) is 0 Å². The van der Waals surface area contributed by atoms with Gasteiger partial charge in [0.15, 0.2) is 0 Å². The Kier molecular flexibility index (Phi) is 5.00. The third kappa shape index (κ3) is 4.01. The highest BCUT2D eigenvalue weighted by molar-refractivity contribution is 7.15. The van der Waals surface area contributed by atoms with E-state index in [0.717, 1.165) is 41.9 Å². The summed E-state index contributed by atoms with van der Waals surface area (Å²) in [4.78, 5) is 2.16. The monoisotopic (exact) mass is 321 g/mol. The van der Waals surface area contributed by atoms with Crippen LogP contribution < -0.4 is 4.90 Å². The Morgan fingerprint density at radius 1 is 1.32 bits per heavy atom. The van der Waals surface area contributed by atoms with Gasteiger partial charge in [0.05, 0.1) is 6.61 Å². The minimum atomic E-state index is -0.212. The third-order valence-corrected chi connectivity index (χ3v) is 4.88. The molecule has 1 unspecified atom stereocenters. The minimum Gasteiger partial charge on any atom is -0.381 e. The molecule has 3 rings (SSSR count). The van der Waals surface area contributed by atoms with Crippen LogP contribution >= 0.6 is 11.3 Å². The van der Waals surface area contributed by atoms with Crippen LogP contribution in [0, 0.1) is 11.7 Å². The van der Waals surface area contributed by atoms with Crippen molar-refractivity contribution in [3.8, 4) is 0 Å². The highest BCUT2D eigenvalue weighted by Crippen LogP contribution is 2.24. The average molecular weight is 321 g/mol. The molecule has 6 heteroatoms. The summed E-state index contributed by atoms with van der Waals surface area (Å²) in [7, 11) is 2.05. The quantitative estimate of drug-likeness (QED) is 0.848. The Labute approximate surface area is 133 Å². The lowest BCUT2D eigenvalue weighted by molar-refractivity contribution is 0.0576. The molecule has 118 valence electrons. The molecule has 0 N–H and O–H groups in total. The predicted octanol–water partition coefficient (Wildman–Crippen LogP) is 3.13. The number of halogens is 1. The Bertz CT molecular complexity index is 596. The van der Waals surface area contributed by atoms with E-state index in [9.17, 15) is 4.39 Å². The van der Waals surface area contributed by atoms with Gasteiger partial charge >= 0.3 is 0 Å². The molecule has 4 nitrogen and oxygen atoms in total. The van der Waals surface area contributed by atoms with Crippen LogP contribution in [0.15, 0.2) is 24.3 Å². The van der Waals surface area contributed by atoms with Crippen molar-refractivity contribution in [1.29, 1.82) is 0 Å². The van der Waals surface area contributed by atoms with Gasteiger partial charge in [-0.1, -0.05) is 23.5 Å². The lowest BCUT2D eigenvalue weighted by atomic mass is 10.0. The first-order chi connectivity index (χ1) is 10.7. The molecule has 1 aromatic heterocycles. The zero-order valence-electron chi connectivity index (χ0n) is 12.7. The van der Waals surface area contributed by atoms with Crippen molar-refractivity contribution in [2.75, 3.05) is 31.7 Å². The van der Waals surface area contributed by atoms with Crippen LogP contribution in [0.25, 0.3) is 0 Å². The van der Waals surface area contributed by atoms with Crippen molar-refractivity contribution in [3.05, 3.63) is 40.7 Å². The van der Waals surface area contributed by atoms with Crippen LogP contribution in [0.2, 0.25) is 0 Å². The van der Waals surface area contributed by atoms with E-state index in [0.29, 0.717) is 12.3 Å². The zero-order valence-corrected chi connectivity index (χ0v) is 13.5. The highest BCUT2D eigenvalue weighted by Gasteiger charge is 2.18. The summed E-state index contributed by atoms with van der Waals surface area (Å²) in [6.07, 6.45) is 3.05. The summed E-state index contributed by atoms with van der Waals surface area (Å²) in [5.74, 6) is 0.360. The molecule has 1 aromatic carbocycles. The van der Waals surface area contributed by atoms with Crippen LogP contribution in [0.3, 0.4) is 0 Å². The maximum absolute atomic E-state index is 12.9. The van der Waals surface area contributed by atoms with Crippen molar-refractivity contribution in [1.82, 2.24) is 10.2 Å². The second kappa shape index (κ2) is 7.15. The Hall–Kier alpha value is -1.53. The summed E-state index contributed by atoms with van der Waals surface area (Å²) in [6.45, 7) is 2.68. The summed E-state index contributed by atoms with van der Waals surface area (Å²) < 4.78 is 18.4. The number of benzene rings is 1. The number of rotatable bonds is 5. The normalized spacial score (nSPS) is 18.4. The van der Waals surface area contributed by atoms with Gasteiger partial charge in [-0.05, 0) is 36.5 Å². The van der Waals surface area contributed by atoms with Crippen molar-refractivity contribution < 1.29 is 9.13 Å².